The molecule has 0 saturated heterocycles. The number of nitrogens with one attached hydrogen (secondary N) is 1. The minimum absolute atomic E-state index is 0.244. The predicted molar refractivity (Wildman–Crippen MR) is 120 cm³/mol. The second kappa shape index (κ2) is 9.74. The van der Waals surface area contributed by atoms with Crippen molar-refractivity contribution >= 4 is 57.5 Å². The molecular weight excluding hydrogens is 429 g/mol. The van der Waals surface area contributed by atoms with Gasteiger partial charge >= 0.3 is 5.97 Å². The molecule has 7 heteroatoms. The summed E-state index contributed by atoms with van der Waals surface area (Å²) in [7, 11) is 0. The van der Waals surface area contributed by atoms with Crippen LogP contribution >= 0.6 is 34.5 Å². The first-order valence-electron chi connectivity index (χ1n) is 8.79. The number of hydrogen-bond donors (Lipinski definition) is 1. The van der Waals surface area contributed by atoms with Crippen LogP contribution in [0.5, 0.6) is 0 Å². The van der Waals surface area contributed by atoms with Crippen LogP contribution in [0, 0.1) is 0 Å². The van der Waals surface area contributed by atoms with Crippen LogP contribution in [0.2, 0.25) is 10.0 Å². The van der Waals surface area contributed by atoms with E-state index in [1.807, 2.05) is 30.3 Å². The summed E-state index contributed by atoms with van der Waals surface area (Å²) in [4.78, 5) is 25.6. The third-order valence-corrected chi connectivity index (χ3v) is 5.68. The minimum Gasteiger partial charge on any atom is -0.462 e. The molecule has 0 atom stereocenters. The largest absolute Gasteiger partial charge is 0.462 e. The van der Waals surface area contributed by atoms with Crippen molar-refractivity contribution in [1.29, 1.82) is 0 Å². The molecule has 0 radical (unpaired) electrons. The third kappa shape index (κ3) is 5.26. The van der Waals surface area contributed by atoms with Gasteiger partial charge in [0.1, 0.15) is 5.00 Å². The highest BCUT2D eigenvalue weighted by Crippen LogP contribution is 2.36. The zero-order valence-electron chi connectivity index (χ0n) is 15.4. The highest BCUT2D eigenvalue weighted by molar-refractivity contribution is 7.20. The molecule has 29 heavy (non-hydrogen) atoms. The van der Waals surface area contributed by atoms with E-state index in [1.54, 1.807) is 31.2 Å². The van der Waals surface area contributed by atoms with E-state index < -0.39 is 11.9 Å². The van der Waals surface area contributed by atoms with Crippen LogP contribution in [-0.2, 0) is 9.53 Å². The van der Waals surface area contributed by atoms with Gasteiger partial charge in [-0.2, -0.15) is 0 Å². The van der Waals surface area contributed by atoms with E-state index in [1.165, 1.54) is 23.5 Å². The van der Waals surface area contributed by atoms with Crippen molar-refractivity contribution in [2.75, 3.05) is 11.9 Å². The van der Waals surface area contributed by atoms with E-state index in [-0.39, 0.29) is 6.61 Å². The summed E-state index contributed by atoms with van der Waals surface area (Å²) in [6.45, 7) is 1.98. The van der Waals surface area contributed by atoms with Crippen LogP contribution < -0.4 is 5.32 Å². The fourth-order valence-electron chi connectivity index (χ4n) is 2.57. The van der Waals surface area contributed by atoms with Crippen molar-refractivity contribution in [2.24, 2.45) is 0 Å². The van der Waals surface area contributed by atoms with E-state index in [0.29, 0.717) is 26.2 Å². The number of anilines is 1. The Kier molecular flexibility index (Phi) is 7.09. The average molecular weight is 446 g/mol. The summed E-state index contributed by atoms with van der Waals surface area (Å²) in [5.74, 6) is -0.896. The monoisotopic (exact) mass is 445 g/mol. The molecule has 148 valence electrons. The van der Waals surface area contributed by atoms with Crippen molar-refractivity contribution in [2.45, 2.75) is 6.92 Å². The summed E-state index contributed by atoms with van der Waals surface area (Å²) in [6.07, 6.45) is 2.86. The van der Waals surface area contributed by atoms with Gasteiger partial charge in [0.2, 0.25) is 5.91 Å². The lowest BCUT2D eigenvalue weighted by molar-refractivity contribution is -0.111. The van der Waals surface area contributed by atoms with Crippen LogP contribution in [0.3, 0.4) is 0 Å². The number of hydrogen-bond acceptors (Lipinski definition) is 4. The van der Waals surface area contributed by atoms with Crippen LogP contribution in [0.15, 0.2) is 60.7 Å². The first-order chi connectivity index (χ1) is 14.0. The predicted octanol–water partition coefficient (Wildman–Crippen LogP) is 6.55. The molecule has 0 bridgehead atoms. The zero-order chi connectivity index (χ0) is 20.8. The van der Waals surface area contributed by atoms with Gasteiger partial charge in [0.15, 0.2) is 0 Å². The molecule has 1 heterocycles. The maximum absolute atomic E-state index is 12.5. The van der Waals surface area contributed by atoms with Gasteiger partial charge in [-0.1, -0.05) is 59.6 Å². The Bertz CT molecular complexity index is 1040. The summed E-state index contributed by atoms with van der Waals surface area (Å²) >= 11 is 13.5. The second-order valence-electron chi connectivity index (χ2n) is 5.90. The summed E-state index contributed by atoms with van der Waals surface area (Å²) in [6, 6.07) is 16.4. The Morgan fingerprint density at radius 1 is 1.07 bits per heavy atom. The van der Waals surface area contributed by atoms with Gasteiger partial charge < -0.3 is 10.1 Å². The smallest absolute Gasteiger partial charge is 0.341 e. The quantitative estimate of drug-likeness (QED) is 0.345. The van der Waals surface area contributed by atoms with Gasteiger partial charge in [0.25, 0.3) is 0 Å². The Labute approximate surface area is 182 Å². The minimum atomic E-state index is -0.487. The summed E-state index contributed by atoms with van der Waals surface area (Å²) < 4.78 is 5.12. The molecule has 1 aromatic heterocycles. The first-order valence-corrected chi connectivity index (χ1v) is 10.4. The van der Waals surface area contributed by atoms with E-state index in [2.05, 4.69) is 5.32 Å². The maximum atomic E-state index is 12.5. The molecular formula is C22H17Cl2NO3S. The van der Waals surface area contributed by atoms with E-state index >= 15 is 0 Å². The molecule has 0 aliphatic heterocycles. The van der Waals surface area contributed by atoms with Crippen molar-refractivity contribution in [1.82, 2.24) is 0 Å². The van der Waals surface area contributed by atoms with Crippen LogP contribution in [0.1, 0.15) is 22.8 Å². The molecule has 0 unspecified atom stereocenters. The molecule has 1 N–H and O–H groups in total. The lowest BCUT2D eigenvalue weighted by atomic mass is 10.1. The molecule has 0 aliphatic rings. The first kappa shape index (κ1) is 21.1. The van der Waals surface area contributed by atoms with Crippen LogP contribution in [-0.4, -0.2) is 18.5 Å². The van der Waals surface area contributed by atoms with Gasteiger partial charge in [-0.15, -0.1) is 11.3 Å². The molecule has 0 fully saturated rings. The number of ether oxygens (including phenoxy) is 1. The van der Waals surface area contributed by atoms with Crippen molar-refractivity contribution < 1.29 is 14.3 Å². The van der Waals surface area contributed by atoms with Gasteiger partial charge in [-0.25, -0.2) is 4.79 Å². The highest BCUT2D eigenvalue weighted by Gasteiger charge is 2.19. The standard InChI is InChI=1S/C22H17Cl2NO3S/c1-2-28-22(27)16-13-19(14-7-4-3-5-8-14)29-21(16)25-20(26)12-11-15-17(23)9-6-10-18(15)24/h3-13H,2H2,1H3,(H,25,26)/b12-11+. The number of halogens is 2. The fraction of sp³-hybridized carbons (Fsp3) is 0.0909. The van der Waals surface area contributed by atoms with Crippen molar-refractivity contribution in [3.8, 4) is 10.4 Å². The van der Waals surface area contributed by atoms with Gasteiger partial charge in [-0.3, -0.25) is 4.79 Å². The van der Waals surface area contributed by atoms with Crippen molar-refractivity contribution in [3.63, 3.8) is 0 Å². The SMILES string of the molecule is CCOC(=O)c1cc(-c2ccccc2)sc1NC(=O)/C=C/c1c(Cl)cccc1Cl. The van der Waals surface area contributed by atoms with Crippen LogP contribution in [0.25, 0.3) is 16.5 Å². The van der Waals surface area contributed by atoms with Gasteiger partial charge in [0, 0.05) is 26.6 Å². The number of amides is 1. The molecule has 0 spiro atoms. The Hall–Kier alpha value is -2.60. The number of rotatable bonds is 6. The lowest BCUT2D eigenvalue weighted by Crippen LogP contribution is -2.11. The number of thiophene rings is 1. The zero-order valence-corrected chi connectivity index (χ0v) is 17.8. The van der Waals surface area contributed by atoms with Gasteiger partial charge in [-0.05, 0) is 36.8 Å². The molecule has 4 nitrogen and oxygen atoms in total. The Morgan fingerprint density at radius 2 is 1.76 bits per heavy atom. The lowest BCUT2D eigenvalue weighted by Gasteiger charge is -2.04. The van der Waals surface area contributed by atoms with E-state index in [0.717, 1.165) is 10.4 Å². The second-order valence-corrected chi connectivity index (χ2v) is 7.76. The van der Waals surface area contributed by atoms with E-state index in [9.17, 15) is 9.59 Å². The number of esters is 1. The third-order valence-electron chi connectivity index (χ3n) is 3.92. The fourth-order valence-corrected chi connectivity index (χ4v) is 4.15. The molecule has 0 aliphatic carbocycles. The molecule has 1 amide bonds. The number of benzene rings is 2. The normalized spacial score (nSPS) is 10.9. The maximum Gasteiger partial charge on any atom is 0.341 e. The molecule has 2 aromatic carbocycles. The molecule has 3 rings (SSSR count). The number of carbonyl (C=O) groups is 2. The topological polar surface area (TPSA) is 55.4 Å². The van der Waals surface area contributed by atoms with Gasteiger partial charge in [0.05, 0.1) is 12.2 Å². The Morgan fingerprint density at radius 3 is 2.41 bits per heavy atom. The summed E-state index contributed by atoms with van der Waals surface area (Å²) in [5, 5.41) is 4.06. The summed E-state index contributed by atoms with van der Waals surface area (Å²) in [5.41, 5.74) is 1.81. The number of carbonyl (C=O) groups excluding carboxylic acids is 2. The van der Waals surface area contributed by atoms with E-state index in [4.69, 9.17) is 27.9 Å². The molecule has 3 aromatic rings. The Balaban J connectivity index is 1.87. The van der Waals surface area contributed by atoms with Crippen LogP contribution in [0.4, 0.5) is 5.00 Å². The molecule has 0 saturated carbocycles. The average Bonchev–Trinajstić information content (AvgIpc) is 3.12. The highest BCUT2D eigenvalue weighted by atomic mass is 35.5. The van der Waals surface area contributed by atoms with Crippen molar-refractivity contribution in [3.05, 3.63) is 81.8 Å².